The number of halogens is 1. The van der Waals surface area contributed by atoms with E-state index in [1.807, 2.05) is 18.2 Å². The maximum Gasteiger partial charge on any atom is 0.0635 e. The topological polar surface area (TPSA) is 29.3 Å². The Hall–Kier alpha value is -0.730. The predicted molar refractivity (Wildman–Crippen MR) is 71.7 cm³/mol. The number of hydrogen-bond acceptors (Lipinski definition) is 2. The van der Waals surface area contributed by atoms with Crippen molar-refractivity contribution in [3.05, 3.63) is 28.8 Å². The van der Waals surface area contributed by atoms with Crippen molar-refractivity contribution >= 4 is 17.3 Å². The van der Waals surface area contributed by atoms with Crippen molar-refractivity contribution in [1.29, 1.82) is 0 Å². The van der Waals surface area contributed by atoms with Crippen molar-refractivity contribution in [1.82, 2.24) is 4.90 Å². The largest absolute Gasteiger partial charge is 0.398 e. The molecule has 0 aliphatic rings. The highest BCUT2D eigenvalue weighted by Gasteiger charge is 2.10. The van der Waals surface area contributed by atoms with Crippen LogP contribution >= 0.6 is 11.6 Å². The summed E-state index contributed by atoms with van der Waals surface area (Å²) < 4.78 is 0. The van der Waals surface area contributed by atoms with Crippen LogP contribution in [0.3, 0.4) is 0 Å². The lowest BCUT2D eigenvalue weighted by molar-refractivity contribution is 0.222. The third-order valence-corrected chi connectivity index (χ3v) is 3.40. The first-order valence-electron chi connectivity index (χ1n) is 5.82. The van der Waals surface area contributed by atoms with Gasteiger partial charge in [0.05, 0.1) is 10.7 Å². The molecule has 0 heterocycles. The molecule has 16 heavy (non-hydrogen) atoms. The van der Waals surface area contributed by atoms with Crippen LogP contribution in [0.15, 0.2) is 18.2 Å². The van der Waals surface area contributed by atoms with Crippen LogP contribution in [-0.2, 0) is 6.54 Å². The molecule has 0 aliphatic carbocycles. The molecule has 0 fully saturated rings. The monoisotopic (exact) mass is 240 g/mol. The Labute approximate surface area is 103 Å². The summed E-state index contributed by atoms with van der Waals surface area (Å²) in [7, 11) is 2.16. The summed E-state index contributed by atoms with van der Waals surface area (Å²) in [6.07, 6.45) is 2.35. The minimum atomic E-state index is 0.633. The first-order chi connectivity index (χ1) is 7.58. The normalized spacial score (nSPS) is 11.4. The minimum absolute atomic E-state index is 0.633. The Morgan fingerprint density at radius 1 is 1.31 bits per heavy atom. The number of nitrogens with two attached hydrogens (primary N) is 1. The minimum Gasteiger partial charge on any atom is -0.398 e. The second-order valence-electron chi connectivity index (χ2n) is 4.24. The zero-order valence-corrected chi connectivity index (χ0v) is 11.1. The van der Waals surface area contributed by atoms with Crippen molar-refractivity contribution in [3.8, 4) is 0 Å². The molecule has 0 aromatic heterocycles. The number of hydrogen-bond donors (Lipinski definition) is 1. The number of nitrogen functional groups attached to an aromatic ring is 1. The van der Waals surface area contributed by atoms with Crippen molar-refractivity contribution in [2.75, 3.05) is 12.8 Å². The molecule has 0 amide bonds. The molecule has 2 nitrogen and oxygen atoms in total. The fraction of sp³-hybridized carbons (Fsp3) is 0.538. The maximum absolute atomic E-state index is 5.90. The number of anilines is 1. The summed E-state index contributed by atoms with van der Waals surface area (Å²) in [5, 5.41) is 0.633. The van der Waals surface area contributed by atoms with Gasteiger partial charge in [-0.2, -0.15) is 0 Å². The van der Waals surface area contributed by atoms with Crippen molar-refractivity contribution in [2.45, 2.75) is 39.3 Å². The Kier molecular flexibility index (Phi) is 5.10. The van der Waals surface area contributed by atoms with Gasteiger partial charge in [-0.25, -0.2) is 0 Å². The van der Waals surface area contributed by atoms with Gasteiger partial charge in [0.2, 0.25) is 0 Å². The van der Waals surface area contributed by atoms with Crippen LogP contribution < -0.4 is 5.73 Å². The van der Waals surface area contributed by atoms with Gasteiger partial charge in [-0.05, 0) is 37.6 Å². The van der Waals surface area contributed by atoms with Crippen molar-refractivity contribution in [3.63, 3.8) is 0 Å². The van der Waals surface area contributed by atoms with Gasteiger partial charge in [0, 0.05) is 12.6 Å². The second kappa shape index (κ2) is 6.12. The lowest BCUT2D eigenvalue weighted by atomic mass is 10.1. The second-order valence-corrected chi connectivity index (χ2v) is 4.65. The van der Waals surface area contributed by atoms with Gasteiger partial charge in [-0.1, -0.05) is 31.5 Å². The van der Waals surface area contributed by atoms with E-state index in [1.54, 1.807) is 0 Å². The average Bonchev–Trinajstić information content (AvgIpc) is 2.25. The van der Waals surface area contributed by atoms with Gasteiger partial charge in [-0.3, -0.25) is 4.90 Å². The Morgan fingerprint density at radius 3 is 2.44 bits per heavy atom. The molecule has 0 saturated carbocycles. The van der Waals surface area contributed by atoms with E-state index in [2.05, 4.69) is 25.8 Å². The highest BCUT2D eigenvalue weighted by molar-refractivity contribution is 6.33. The lowest BCUT2D eigenvalue weighted by Gasteiger charge is -2.26. The molecule has 1 rings (SSSR count). The molecule has 0 bridgehead atoms. The zero-order chi connectivity index (χ0) is 12.1. The summed E-state index contributed by atoms with van der Waals surface area (Å²) in [6.45, 7) is 5.37. The summed E-state index contributed by atoms with van der Waals surface area (Å²) in [4.78, 5) is 2.36. The van der Waals surface area contributed by atoms with Crippen LogP contribution in [0, 0.1) is 0 Å². The Bertz CT molecular complexity index is 335. The van der Waals surface area contributed by atoms with E-state index < -0.39 is 0 Å². The molecule has 0 unspecified atom stereocenters. The molecule has 2 N–H and O–H groups in total. The Morgan fingerprint density at radius 2 is 1.94 bits per heavy atom. The number of benzene rings is 1. The highest BCUT2D eigenvalue weighted by Crippen LogP contribution is 2.21. The summed E-state index contributed by atoms with van der Waals surface area (Å²) in [6, 6.07) is 6.50. The van der Waals surface area contributed by atoms with E-state index in [-0.39, 0.29) is 0 Å². The molecule has 0 radical (unpaired) electrons. The van der Waals surface area contributed by atoms with Gasteiger partial charge >= 0.3 is 0 Å². The van der Waals surface area contributed by atoms with E-state index >= 15 is 0 Å². The van der Waals surface area contributed by atoms with Crippen LogP contribution in [0.4, 0.5) is 5.69 Å². The molecule has 0 atom stereocenters. The summed E-state index contributed by atoms with van der Waals surface area (Å²) in [5.74, 6) is 0. The first-order valence-corrected chi connectivity index (χ1v) is 6.20. The number of nitrogens with zero attached hydrogens (tertiary/aromatic N) is 1. The molecule has 1 aromatic carbocycles. The van der Waals surface area contributed by atoms with Crippen molar-refractivity contribution in [2.24, 2.45) is 0 Å². The standard InChI is InChI=1S/C13H21ClN2/c1-4-11(5-2)16(3)9-10-6-7-12(14)13(15)8-10/h6-8,11H,4-5,9,15H2,1-3H3. The SMILES string of the molecule is CCC(CC)N(C)Cc1ccc(Cl)c(N)c1. The molecule has 90 valence electrons. The third kappa shape index (κ3) is 3.39. The van der Waals surface area contributed by atoms with Crippen molar-refractivity contribution < 1.29 is 0 Å². The summed E-state index contributed by atoms with van der Waals surface area (Å²) in [5.41, 5.74) is 7.67. The van der Waals surface area contributed by atoms with Crippen LogP contribution in [0.1, 0.15) is 32.3 Å². The van der Waals surface area contributed by atoms with Gasteiger partial charge in [0.1, 0.15) is 0 Å². The molecular formula is C13H21ClN2. The molecule has 0 aliphatic heterocycles. The van der Waals surface area contributed by atoms with Gasteiger partial charge in [-0.15, -0.1) is 0 Å². The van der Waals surface area contributed by atoms with Gasteiger partial charge in [0.25, 0.3) is 0 Å². The third-order valence-electron chi connectivity index (χ3n) is 3.06. The fourth-order valence-corrected chi connectivity index (χ4v) is 2.14. The van der Waals surface area contributed by atoms with Crippen LogP contribution in [0.2, 0.25) is 5.02 Å². The average molecular weight is 241 g/mol. The Balaban J connectivity index is 2.69. The van der Waals surface area contributed by atoms with Crippen LogP contribution in [0.5, 0.6) is 0 Å². The lowest BCUT2D eigenvalue weighted by Crippen LogP contribution is -2.29. The van der Waals surface area contributed by atoms with E-state index in [4.69, 9.17) is 17.3 Å². The molecule has 0 saturated heterocycles. The number of rotatable bonds is 5. The van der Waals surface area contributed by atoms with Crippen LogP contribution in [-0.4, -0.2) is 18.0 Å². The van der Waals surface area contributed by atoms with E-state index in [1.165, 1.54) is 18.4 Å². The maximum atomic E-state index is 5.90. The summed E-state index contributed by atoms with van der Waals surface area (Å²) >= 11 is 5.90. The quantitative estimate of drug-likeness (QED) is 0.798. The molecule has 1 aromatic rings. The first kappa shape index (κ1) is 13.3. The molecular weight excluding hydrogens is 220 g/mol. The van der Waals surface area contributed by atoms with Crippen LogP contribution in [0.25, 0.3) is 0 Å². The zero-order valence-electron chi connectivity index (χ0n) is 10.3. The molecule has 3 heteroatoms. The molecule has 0 spiro atoms. The van der Waals surface area contributed by atoms with E-state index in [0.717, 1.165) is 6.54 Å². The fourth-order valence-electron chi connectivity index (χ4n) is 2.02. The highest BCUT2D eigenvalue weighted by atomic mass is 35.5. The predicted octanol–water partition coefficient (Wildman–Crippen LogP) is 3.54. The van der Waals surface area contributed by atoms with Gasteiger partial charge in [0.15, 0.2) is 0 Å². The van der Waals surface area contributed by atoms with E-state index in [9.17, 15) is 0 Å². The smallest absolute Gasteiger partial charge is 0.0635 e. The van der Waals surface area contributed by atoms with Gasteiger partial charge < -0.3 is 5.73 Å². The van der Waals surface area contributed by atoms with E-state index in [0.29, 0.717) is 16.8 Å².